The molecule has 0 radical (unpaired) electrons. The van der Waals surface area contributed by atoms with E-state index in [2.05, 4.69) is 52.1 Å². The first kappa shape index (κ1) is 84.6. The van der Waals surface area contributed by atoms with Gasteiger partial charge in [-0.2, -0.15) is 0 Å². The van der Waals surface area contributed by atoms with Crippen LogP contribution < -0.4 is 0 Å². The zero-order valence-corrected chi connectivity index (χ0v) is 61.7. The number of aromatic nitrogens is 2. The molecule has 1 aromatic rings. The van der Waals surface area contributed by atoms with Crippen molar-refractivity contribution in [1.29, 1.82) is 0 Å². The zero-order chi connectivity index (χ0) is 62.7. The van der Waals surface area contributed by atoms with E-state index in [-0.39, 0.29) is 17.9 Å². The highest BCUT2D eigenvalue weighted by molar-refractivity contribution is 8.77. The molecule has 87 heavy (non-hydrogen) atoms. The average molecular weight is 1340 g/mol. The summed E-state index contributed by atoms with van der Waals surface area (Å²) in [5.74, 6) is 7.03. The summed E-state index contributed by atoms with van der Waals surface area (Å²) in [4.78, 5) is 50.1. The Morgan fingerprint density at radius 1 is 0.345 bits per heavy atom. The molecule has 0 spiro atoms. The van der Waals surface area contributed by atoms with Crippen LogP contribution in [0.4, 0.5) is 0 Å². The minimum absolute atomic E-state index is 0.0890. The van der Waals surface area contributed by atoms with Gasteiger partial charge in [0.1, 0.15) is 0 Å². The van der Waals surface area contributed by atoms with Crippen LogP contribution in [0.15, 0.2) is 18.7 Å². The van der Waals surface area contributed by atoms with E-state index in [1.165, 1.54) is 227 Å². The molecule has 0 atom stereocenters. The number of carbonyl (C=O) groups is 3. The molecule has 17 heteroatoms. The van der Waals surface area contributed by atoms with Crippen molar-refractivity contribution in [1.82, 2.24) is 24.3 Å². The summed E-state index contributed by atoms with van der Waals surface area (Å²) in [5.41, 5.74) is 0. The van der Waals surface area contributed by atoms with Gasteiger partial charge in [-0.3, -0.25) is 14.4 Å². The summed E-state index contributed by atoms with van der Waals surface area (Å²) in [5, 5.41) is 0. The summed E-state index contributed by atoms with van der Waals surface area (Å²) < 4.78 is 19.2. The average Bonchev–Trinajstić information content (AvgIpc) is 4.09. The van der Waals surface area contributed by atoms with Gasteiger partial charge < -0.3 is 33.5 Å². The second-order valence-corrected chi connectivity index (χ2v) is 32.5. The lowest BCUT2D eigenvalue weighted by molar-refractivity contribution is -0.145. The standard InChI is InChI=1S/C70H135N5O6S6/c1-5-8-11-14-17-20-26-35-61-82-85-64-38-29-23-32-58-79-68(76)44-54-73(52-43-53-75-57-47-71-67-75)50-41-48-72(4)49-42-51-74(55-45-69(77)80-59-33-24-30-39-65-86-83-62-36-27-21-18-15-12-9-6-2)56-46-70(78)81-60-34-25-31-40-66-87-84-63-37-28-22-19-16-13-10-7-3/h47,57,67H,5-46,48-56,58-66H2,1-4H3. The Labute approximate surface area is 561 Å². The largest absolute Gasteiger partial charge is 0.466 e. The molecule has 0 fully saturated rings. The number of carbonyl (C=O) groups excluding carboxylic acids is 3. The fraction of sp³-hybridized carbons (Fsp3) is 0.914. The van der Waals surface area contributed by atoms with Gasteiger partial charge in [0.15, 0.2) is 0 Å². The minimum atomic E-state index is -0.148. The second-order valence-electron chi connectivity index (χ2n) is 24.4. The maximum atomic E-state index is 13.0. The van der Waals surface area contributed by atoms with Gasteiger partial charge in [0.05, 0.1) is 45.4 Å². The van der Waals surface area contributed by atoms with Gasteiger partial charge in [-0.1, -0.05) is 259 Å². The van der Waals surface area contributed by atoms with Gasteiger partial charge >= 0.3 is 17.9 Å². The van der Waals surface area contributed by atoms with E-state index >= 15 is 0 Å². The molecule has 0 aliphatic carbocycles. The molecule has 0 amide bonds. The van der Waals surface area contributed by atoms with Crippen molar-refractivity contribution >= 4 is 82.7 Å². The predicted molar refractivity (Wildman–Crippen MR) is 391 cm³/mol. The van der Waals surface area contributed by atoms with E-state index in [9.17, 15) is 14.4 Å². The Bertz CT molecular complexity index is 1520. The molecule has 1 rings (SSSR count). The first-order valence-electron chi connectivity index (χ1n) is 36.2. The van der Waals surface area contributed by atoms with Gasteiger partial charge in [0, 0.05) is 73.1 Å². The zero-order valence-electron chi connectivity index (χ0n) is 56.8. The SMILES string of the molecule is CCCCCCCCCCSSCCCCCCOC(=O)CCN(CCCN(C)CCCN(CCC(=O)OCCCCCCSSCCCCCCCCCC)CCC(=O)OCCCCCCSSCCCCCCCCCC)CCCn1ccnc1. The molecule has 1 aromatic heterocycles. The number of hydrogen-bond acceptors (Lipinski definition) is 16. The Morgan fingerprint density at radius 3 is 0.920 bits per heavy atom. The third-order valence-electron chi connectivity index (χ3n) is 16.0. The van der Waals surface area contributed by atoms with E-state index < -0.39 is 0 Å². The number of imidazole rings is 1. The lowest BCUT2D eigenvalue weighted by atomic mass is 10.1. The molecule has 0 saturated carbocycles. The Hall–Kier alpha value is -0.400. The molecule has 1 heterocycles. The summed E-state index contributed by atoms with van der Waals surface area (Å²) in [6, 6.07) is 0. The van der Waals surface area contributed by atoms with Crippen molar-refractivity contribution in [2.75, 3.05) is 114 Å². The first-order chi connectivity index (χ1) is 42.9. The first-order valence-corrected chi connectivity index (χ1v) is 43.6. The van der Waals surface area contributed by atoms with E-state index in [0.717, 1.165) is 97.1 Å². The fourth-order valence-electron chi connectivity index (χ4n) is 10.4. The quantitative estimate of drug-likeness (QED) is 0.0267. The molecule has 0 bridgehead atoms. The van der Waals surface area contributed by atoms with Crippen molar-refractivity contribution in [3.05, 3.63) is 18.7 Å². The molecular weight excluding hydrogens is 1200 g/mol. The number of rotatable bonds is 72. The monoisotopic (exact) mass is 1330 g/mol. The third kappa shape index (κ3) is 64.1. The molecule has 0 saturated heterocycles. The van der Waals surface area contributed by atoms with Crippen molar-refractivity contribution in [3.63, 3.8) is 0 Å². The topological polar surface area (TPSA) is 106 Å². The van der Waals surface area contributed by atoms with Crippen LogP contribution in [0.5, 0.6) is 0 Å². The molecule has 0 aliphatic rings. The molecule has 512 valence electrons. The number of ether oxygens (including phenoxy) is 3. The predicted octanol–water partition coefficient (Wildman–Crippen LogP) is 20.6. The smallest absolute Gasteiger partial charge is 0.307 e. The van der Waals surface area contributed by atoms with Gasteiger partial charge in [0.25, 0.3) is 0 Å². The highest BCUT2D eigenvalue weighted by atomic mass is 33.1. The maximum absolute atomic E-state index is 13.0. The van der Waals surface area contributed by atoms with Gasteiger partial charge in [0.2, 0.25) is 0 Å². The van der Waals surface area contributed by atoms with E-state index in [1.807, 2.05) is 83.5 Å². The second kappa shape index (κ2) is 69.9. The van der Waals surface area contributed by atoms with Gasteiger partial charge in [-0.15, -0.1) is 0 Å². The van der Waals surface area contributed by atoms with Gasteiger partial charge in [-0.25, -0.2) is 4.98 Å². The highest BCUT2D eigenvalue weighted by Gasteiger charge is 2.15. The Balaban J connectivity index is 2.45. The van der Waals surface area contributed by atoms with Crippen molar-refractivity contribution in [2.45, 2.75) is 297 Å². The van der Waals surface area contributed by atoms with Crippen molar-refractivity contribution in [3.8, 4) is 0 Å². The van der Waals surface area contributed by atoms with Crippen LogP contribution in [0, 0.1) is 0 Å². The molecule has 0 aliphatic heterocycles. The Morgan fingerprint density at radius 2 is 0.621 bits per heavy atom. The molecule has 0 aromatic carbocycles. The number of aryl methyl sites for hydroxylation is 1. The van der Waals surface area contributed by atoms with Gasteiger partial charge in [-0.05, 0) is 117 Å². The fourth-order valence-corrected chi connectivity index (χ4v) is 17.3. The summed E-state index contributed by atoms with van der Waals surface area (Å²) in [6.45, 7) is 15.6. The molecule has 0 N–H and O–H groups in total. The number of unbranched alkanes of at least 4 members (excludes halogenated alkanes) is 30. The van der Waals surface area contributed by atoms with E-state index in [0.29, 0.717) is 58.7 Å². The maximum Gasteiger partial charge on any atom is 0.307 e. The van der Waals surface area contributed by atoms with Crippen molar-refractivity contribution < 1.29 is 28.6 Å². The number of esters is 3. The van der Waals surface area contributed by atoms with E-state index in [4.69, 9.17) is 14.2 Å². The highest BCUT2D eigenvalue weighted by Crippen LogP contribution is 2.27. The summed E-state index contributed by atoms with van der Waals surface area (Å²) in [7, 11) is 14.4. The number of nitrogens with zero attached hydrogens (tertiary/aromatic N) is 5. The number of hydrogen-bond donors (Lipinski definition) is 0. The molecule has 11 nitrogen and oxygen atoms in total. The van der Waals surface area contributed by atoms with Crippen LogP contribution >= 0.6 is 64.8 Å². The normalized spacial score (nSPS) is 11.7. The summed E-state index contributed by atoms with van der Waals surface area (Å²) >= 11 is 0. The Kier molecular flexibility index (Phi) is 68.0. The minimum Gasteiger partial charge on any atom is -0.466 e. The van der Waals surface area contributed by atoms with Crippen LogP contribution in [-0.2, 0) is 35.1 Å². The lowest BCUT2D eigenvalue weighted by Gasteiger charge is -2.25. The summed E-state index contributed by atoms with van der Waals surface area (Å²) in [6.07, 6.45) is 56.2. The van der Waals surface area contributed by atoms with Crippen LogP contribution in [0.2, 0.25) is 0 Å². The van der Waals surface area contributed by atoms with E-state index in [1.54, 1.807) is 0 Å². The van der Waals surface area contributed by atoms with Crippen LogP contribution in [0.25, 0.3) is 0 Å². The van der Waals surface area contributed by atoms with Crippen LogP contribution in [0.1, 0.15) is 290 Å². The third-order valence-corrected chi connectivity index (χ3v) is 23.8. The van der Waals surface area contributed by atoms with Crippen LogP contribution in [-0.4, -0.2) is 156 Å². The van der Waals surface area contributed by atoms with Crippen LogP contribution in [0.3, 0.4) is 0 Å². The van der Waals surface area contributed by atoms with Crippen molar-refractivity contribution in [2.24, 2.45) is 0 Å². The molecule has 0 unspecified atom stereocenters. The molecular formula is C70H135N5O6S6. The lowest BCUT2D eigenvalue weighted by Crippen LogP contribution is -2.34.